The Morgan fingerprint density at radius 2 is 1.77 bits per heavy atom. The van der Waals surface area contributed by atoms with E-state index in [1.807, 2.05) is 58.8 Å². The van der Waals surface area contributed by atoms with E-state index < -0.39 is 0 Å². The summed E-state index contributed by atoms with van der Waals surface area (Å²) < 4.78 is 0. The van der Waals surface area contributed by atoms with Gasteiger partial charge >= 0.3 is 0 Å². The number of aromatic nitrogens is 2. The summed E-state index contributed by atoms with van der Waals surface area (Å²) in [4.78, 5) is 24.7. The molecule has 1 N–H and O–H groups in total. The average Bonchev–Trinajstić information content (AvgIpc) is 3.44. The molecule has 0 bridgehead atoms. The van der Waals surface area contributed by atoms with Gasteiger partial charge in [0.15, 0.2) is 0 Å². The summed E-state index contributed by atoms with van der Waals surface area (Å²) in [5, 5.41) is 6.31. The number of nitrogens with zero attached hydrogens (tertiary/aromatic N) is 3. The van der Waals surface area contributed by atoms with Gasteiger partial charge in [-0.05, 0) is 64.9 Å². The van der Waals surface area contributed by atoms with Crippen molar-refractivity contribution in [1.82, 2.24) is 14.9 Å². The van der Waals surface area contributed by atoms with Crippen molar-refractivity contribution in [3.8, 4) is 11.1 Å². The number of thiophene rings is 1. The van der Waals surface area contributed by atoms with Crippen molar-refractivity contribution in [2.75, 3.05) is 11.9 Å². The third kappa shape index (κ3) is 5.23. The summed E-state index contributed by atoms with van der Waals surface area (Å²) in [5.74, 6) is 0.863. The van der Waals surface area contributed by atoms with E-state index in [0.717, 1.165) is 56.9 Å². The van der Waals surface area contributed by atoms with Gasteiger partial charge in [0.05, 0.1) is 10.4 Å². The van der Waals surface area contributed by atoms with E-state index in [1.165, 1.54) is 11.3 Å². The number of carbonyl (C=O) groups excluding carboxylic acids is 1. The highest BCUT2D eigenvalue weighted by molar-refractivity contribution is 7.12. The van der Waals surface area contributed by atoms with Crippen LogP contribution in [-0.4, -0.2) is 27.3 Å². The van der Waals surface area contributed by atoms with Crippen molar-refractivity contribution in [3.63, 3.8) is 0 Å². The van der Waals surface area contributed by atoms with E-state index in [1.54, 1.807) is 6.33 Å². The maximum atomic E-state index is 13.0. The van der Waals surface area contributed by atoms with Gasteiger partial charge in [-0.15, -0.1) is 11.3 Å². The minimum atomic E-state index is 0.0896. The van der Waals surface area contributed by atoms with Gasteiger partial charge in [-0.1, -0.05) is 55.5 Å². The first-order valence-corrected chi connectivity index (χ1v) is 12.6. The lowest BCUT2D eigenvalue weighted by Gasteiger charge is -2.22. The van der Waals surface area contributed by atoms with Gasteiger partial charge in [-0.3, -0.25) is 4.79 Å². The third-order valence-corrected chi connectivity index (χ3v) is 6.68. The van der Waals surface area contributed by atoms with Crippen LogP contribution in [0.1, 0.15) is 28.6 Å². The summed E-state index contributed by atoms with van der Waals surface area (Å²) in [6, 6.07) is 28.5. The number of hydrogen-bond acceptors (Lipinski definition) is 5. The lowest BCUT2D eigenvalue weighted by atomic mass is 10.0. The van der Waals surface area contributed by atoms with Crippen molar-refractivity contribution in [2.24, 2.45) is 0 Å². The highest BCUT2D eigenvalue weighted by atomic mass is 32.1. The molecule has 35 heavy (non-hydrogen) atoms. The van der Waals surface area contributed by atoms with Gasteiger partial charge in [-0.2, -0.15) is 0 Å². The molecule has 0 aliphatic heterocycles. The van der Waals surface area contributed by atoms with Crippen LogP contribution < -0.4 is 5.32 Å². The molecule has 5 rings (SSSR count). The summed E-state index contributed by atoms with van der Waals surface area (Å²) in [6.45, 7) is 3.40. The Morgan fingerprint density at radius 3 is 2.57 bits per heavy atom. The van der Waals surface area contributed by atoms with Crippen LogP contribution in [0.3, 0.4) is 0 Å². The molecule has 0 saturated heterocycles. The first kappa shape index (κ1) is 22.7. The second-order valence-corrected chi connectivity index (χ2v) is 9.30. The number of anilines is 2. The van der Waals surface area contributed by atoms with E-state index in [2.05, 4.69) is 58.6 Å². The van der Waals surface area contributed by atoms with Gasteiger partial charge in [0.1, 0.15) is 12.1 Å². The van der Waals surface area contributed by atoms with Crippen LogP contribution in [0.25, 0.3) is 22.0 Å². The lowest BCUT2D eigenvalue weighted by Crippen LogP contribution is -2.30. The molecule has 174 valence electrons. The number of fused-ring (bicyclic) bond motifs is 1. The van der Waals surface area contributed by atoms with Crippen molar-refractivity contribution in [2.45, 2.75) is 19.9 Å². The van der Waals surface area contributed by atoms with E-state index in [0.29, 0.717) is 6.54 Å². The molecule has 0 radical (unpaired) electrons. The van der Waals surface area contributed by atoms with E-state index >= 15 is 0 Å². The predicted molar refractivity (Wildman–Crippen MR) is 144 cm³/mol. The molecule has 0 aliphatic rings. The zero-order chi connectivity index (χ0) is 24.0. The first-order chi connectivity index (χ1) is 17.2. The van der Waals surface area contributed by atoms with Gasteiger partial charge in [0.25, 0.3) is 5.91 Å². The molecular weight excluding hydrogens is 452 g/mol. The molecule has 0 spiro atoms. The normalized spacial score (nSPS) is 10.9. The zero-order valence-corrected chi connectivity index (χ0v) is 20.3. The molecule has 2 aromatic heterocycles. The Hall–Kier alpha value is -4.03. The zero-order valence-electron chi connectivity index (χ0n) is 19.5. The number of carbonyl (C=O) groups is 1. The molecule has 0 unspecified atom stereocenters. The lowest BCUT2D eigenvalue weighted by molar-refractivity contribution is 0.0748. The van der Waals surface area contributed by atoms with Crippen LogP contribution in [0, 0.1) is 0 Å². The van der Waals surface area contributed by atoms with Crippen LogP contribution in [-0.2, 0) is 6.54 Å². The Labute approximate surface area is 209 Å². The summed E-state index contributed by atoms with van der Waals surface area (Å²) in [5.41, 5.74) is 5.14. The predicted octanol–water partition coefficient (Wildman–Crippen LogP) is 7.15. The molecule has 0 atom stereocenters. The second-order valence-electron chi connectivity index (χ2n) is 8.35. The quantitative estimate of drug-likeness (QED) is 0.257. The molecule has 5 nitrogen and oxygen atoms in total. The van der Waals surface area contributed by atoms with E-state index in [9.17, 15) is 4.79 Å². The van der Waals surface area contributed by atoms with Crippen molar-refractivity contribution in [3.05, 3.63) is 107 Å². The largest absolute Gasteiger partial charge is 0.340 e. The Kier molecular flexibility index (Phi) is 6.82. The van der Waals surface area contributed by atoms with Crippen molar-refractivity contribution < 1.29 is 4.79 Å². The fourth-order valence-corrected chi connectivity index (χ4v) is 4.83. The molecule has 0 saturated carbocycles. The first-order valence-electron chi connectivity index (χ1n) is 11.7. The number of rotatable bonds is 8. The van der Waals surface area contributed by atoms with Crippen molar-refractivity contribution in [1.29, 1.82) is 0 Å². The van der Waals surface area contributed by atoms with Crippen molar-refractivity contribution >= 4 is 39.7 Å². The summed E-state index contributed by atoms with van der Waals surface area (Å²) >= 11 is 1.49. The van der Waals surface area contributed by atoms with Crippen LogP contribution in [0.5, 0.6) is 0 Å². The minimum absolute atomic E-state index is 0.0896. The SMILES string of the molecule is CCCN(Cc1cccc(-c2ccc3ncnc(Nc4ccccc4)c3c2)c1)C(=O)c1cccs1. The second kappa shape index (κ2) is 10.5. The highest BCUT2D eigenvalue weighted by Gasteiger charge is 2.16. The van der Waals surface area contributed by atoms with Crippen LogP contribution in [0.2, 0.25) is 0 Å². The fourth-order valence-electron chi connectivity index (χ4n) is 4.14. The van der Waals surface area contributed by atoms with Gasteiger partial charge in [-0.25, -0.2) is 9.97 Å². The number of amides is 1. The molecular formula is C29H26N4OS. The molecule has 2 heterocycles. The van der Waals surface area contributed by atoms with Crippen LogP contribution >= 0.6 is 11.3 Å². The maximum absolute atomic E-state index is 13.0. The third-order valence-electron chi connectivity index (χ3n) is 5.82. The highest BCUT2D eigenvalue weighted by Crippen LogP contribution is 2.29. The Bertz CT molecular complexity index is 1430. The average molecular weight is 479 g/mol. The van der Waals surface area contributed by atoms with Crippen LogP contribution in [0.4, 0.5) is 11.5 Å². The van der Waals surface area contributed by atoms with E-state index in [-0.39, 0.29) is 5.91 Å². The topological polar surface area (TPSA) is 58.1 Å². The molecule has 6 heteroatoms. The molecule has 1 amide bonds. The number of benzene rings is 3. The van der Waals surface area contributed by atoms with E-state index in [4.69, 9.17) is 0 Å². The Balaban J connectivity index is 1.44. The Morgan fingerprint density at radius 1 is 0.914 bits per heavy atom. The van der Waals surface area contributed by atoms with Crippen LogP contribution in [0.15, 0.2) is 96.6 Å². The smallest absolute Gasteiger partial charge is 0.264 e. The molecule has 3 aromatic carbocycles. The number of hydrogen-bond donors (Lipinski definition) is 1. The molecule has 0 aliphatic carbocycles. The summed E-state index contributed by atoms with van der Waals surface area (Å²) in [6.07, 6.45) is 2.50. The standard InChI is InChI=1S/C29H26N4OS/c1-2-15-33(29(34)27-12-7-16-35-27)19-21-8-6-9-22(17-21)23-13-14-26-25(18-23)28(31-20-30-26)32-24-10-4-3-5-11-24/h3-14,16-18,20H,2,15,19H2,1H3,(H,30,31,32). The number of para-hydroxylation sites is 1. The molecule has 5 aromatic rings. The fraction of sp³-hybridized carbons (Fsp3) is 0.138. The van der Waals surface area contributed by atoms with Gasteiger partial charge in [0, 0.05) is 24.2 Å². The number of nitrogens with one attached hydrogen (secondary N) is 1. The molecule has 0 fully saturated rings. The van der Waals surface area contributed by atoms with Gasteiger partial charge in [0.2, 0.25) is 0 Å². The van der Waals surface area contributed by atoms with Gasteiger partial charge < -0.3 is 10.2 Å². The minimum Gasteiger partial charge on any atom is -0.340 e. The maximum Gasteiger partial charge on any atom is 0.264 e. The monoisotopic (exact) mass is 478 g/mol. The summed E-state index contributed by atoms with van der Waals surface area (Å²) in [7, 11) is 0.